The Labute approximate surface area is 194 Å². The second kappa shape index (κ2) is 9.83. The molecule has 0 unspecified atom stereocenters. The summed E-state index contributed by atoms with van der Waals surface area (Å²) in [4.78, 5) is 29.6. The summed E-state index contributed by atoms with van der Waals surface area (Å²) >= 11 is 1.39. The first kappa shape index (κ1) is 22.5. The minimum absolute atomic E-state index is 0.102. The molecule has 0 aliphatic rings. The van der Waals surface area contributed by atoms with Gasteiger partial charge in [-0.1, -0.05) is 43.4 Å². The number of carbonyl (C=O) groups is 1. The Morgan fingerprint density at radius 1 is 1.09 bits per heavy atom. The SMILES string of the molecule is Cc1cccc(OCC(=O)Nc2cccc(OCc3cc(=O)n4nc(C(C)C)sc4n3)c2)c1. The van der Waals surface area contributed by atoms with Crippen molar-refractivity contribution in [2.45, 2.75) is 33.3 Å². The van der Waals surface area contributed by atoms with Gasteiger partial charge in [-0.05, 0) is 36.8 Å². The highest BCUT2D eigenvalue weighted by Gasteiger charge is 2.12. The molecule has 4 rings (SSSR count). The van der Waals surface area contributed by atoms with E-state index in [1.165, 1.54) is 21.9 Å². The van der Waals surface area contributed by atoms with Gasteiger partial charge >= 0.3 is 0 Å². The van der Waals surface area contributed by atoms with Gasteiger partial charge in [-0.15, -0.1) is 0 Å². The predicted octanol–water partition coefficient (Wildman–Crippen LogP) is 4.18. The van der Waals surface area contributed by atoms with Crippen molar-refractivity contribution in [2.75, 3.05) is 11.9 Å². The van der Waals surface area contributed by atoms with Crippen LogP contribution in [0, 0.1) is 6.92 Å². The third-order valence-corrected chi connectivity index (χ3v) is 5.88. The maximum atomic E-state index is 12.4. The topological polar surface area (TPSA) is 94.8 Å². The van der Waals surface area contributed by atoms with E-state index in [0.717, 1.165) is 10.6 Å². The van der Waals surface area contributed by atoms with E-state index in [2.05, 4.69) is 15.4 Å². The molecule has 0 aliphatic heterocycles. The average Bonchev–Trinajstić information content (AvgIpc) is 3.22. The minimum atomic E-state index is -0.278. The molecule has 1 amide bonds. The number of fused-ring (bicyclic) bond motifs is 1. The van der Waals surface area contributed by atoms with Crippen LogP contribution in [0.3, 0.4) is 0 Å². The lowest BCUT2D eigenvalue weighted by atomic mass is 10.2. The van der Waals surface area contributed by atoms with Crippen LogP contribution in [-0.2, 0) is 11.4 Å². The molecule has 0 aliphatic carbocycles. The zero-order valence-corrected chi connectivity index (χ0v) is 19.4. The van der Waals surface area contributed by atoms with E-state index in [4.69, 9.17) is 9.47 Å². The summed E-state index contributed by atoms with van der Waals surface area (Å²) in [5, 5.41) is 7.96. The first-order valence-electron chi connectivity index (χ1n) is 10.5. The number of nitrogens with zero attached hydrogens (tertiary/aromatic N) is 3. The van der Waals surface area contributed by atoms with E-state index < -0.39 is 0 Å². The average molecular weight is 465 g/mol. The Bertz CT molecular complexity index is 1350. The number of hydrogen-bond donors (Lipinski definition) is 1. The van der Waals surface area contributed by atoms with Crippen molar-refractivity contribution in [3.8, 4) is 11.5 Å². The molecular weight excluding hydrogens is 440 g/mol. The van der Waals surface area contributed by atoms with Gasteiger partial charge in [0.1, 0.15) is 23.1 Å². The van der Waals surface area contributed by atoms with Gasteiger partial charge < -0.3 is 14.8 Å². The second-order valence-electron chi connectivity index (χ2n) is 7.84. The Morgan fingerprint density at radius 2 is 1.85 bits per heavy atom. The van der Waals surface area contributed by atoms with Gasteiger partial charge in [0.05, 0.1) is 5.69 Å². The highest BCUT2D eigenvalue weighted by atomic mass is 32.1. The molecule has 8 nitrogen and oxygen atoms in total. The number of anilines is 1. The number of amides is 1. The van der Waals surface area contributed by atoms with Crippen LogP contribution in [0.25, 0.3) is 4.96 Å². The van der Waals surface area contributed by atoms with Crippen LogP contribution in [-0.4, -0.2) is 27.1 Å². The molecular formula is C24H24N4O4S. The zero-order chi connectivity index (χ0) is 23.4. The molecule has 0 spiro atoms. The summed E-state index contributed by atoms with van der Waals surface area (Å²) in [5.41, 5.74) is 1.92. The second-order valence-corrected chi connectivity index (χ2v) is 8.83. The molecule has 9 heteroatoms. The Hall–Kier alpha value is -3.72. The van der Waals surface area contributed by atoms with Gasteiger partial charge in [0, 0.05) is 23.7 Å². The number of benzene rings is 2. The standard InChI is InChI=1S/C24H24N4O4S/c1-15(2)23-27-28-22(30)12-18(26-24(28)33-23)13-31-20-9-5-7-17(11-20)25-21(29)14-32-19-8-4-6-16(3)10-19/h4-12,15H,13-14H2,1-3H3,(H,25,29). The number of aromatic nitrogens is 3. The fraction of sp³-hybridized carbons (Fsp3) is 0.250. The van der Waals surface area contributed by atoms with Crippen LogP contribution in [0.5, 0.6) is 11.5 Å². The molecule has 33 heavy (non-hydrogen) atoms. The molecule has 0 saturated heterocycles. The van der Waals surface area contributed by atoms with Crippen molar-refractivity contribution in [1.82, 2.24) is 14.6 Å². The van der Waals surface area contributed by atoms with Crippen LogP contribution in [0.2, 0.25) is 0 Å². The molecule has 0 bridgehead atoms. The summed E-state index contributed by atoms with van der Waals surface area (Å²) in [5.74, 6) is 1.13. The fourth-order valence-corrected chi connectivity index (χ4v) is 3.98. The molecule has 4 aromatic rings. The lowest BCUT2D eigenvalue weighted by Gasteiger charge is -2.10. The van der Waals surface area contributed by atoms with E-state index in [1.807, 2.05) is 45.0 Å². The molecule has 2 aromatic carbocycles. The van der Waals surface area contributed by atoms with E-state index in [-0.39, 0.29) is 30.6 Å². The quantitative estimate of drug-likeness (QED) is 0.420. The molecule has 2 aromatic heterocycles. The van der Waals surface area contributed by atoms with Crippen LogP contribution in [0.15, 0.2) is 59.4 Å². The number of ether oxygens (including phenoxy) is 2. The lowest BCUT2D eigenvalue weighted by Crippen LogP contribution is -2.20. The fourth-order valence-electron chi connectivity index (χ4n) is 3.05. The van der Waals surface area contributed by atoms with Crippen molar-refractivity contribution < 1.29 is 14.3 Å². The predicted molar refractivity (Wildman–Crippen MR) is 127 cm³/mol. The van der Waals surface area contributed by atoms with Crippen molar-refractivity contribution in [1.29, 1.82) is 0 Å². The Kier molecular flexibility index (Phi) is 6.69. The summed E-state index contributed by atoms with van der Waals surface area (Å²) in [6, 6.07) is 16.0. The summed E-state index contributed by atoms with van der Waals surface area (Å²) in [7, 11) is 0. The van der Waals surface area contributed by atoms with Gasteiger partial charge in [-0.3, -0.25) is 9.59 Å². The summed E-state index contributed by atoms with van der Waals surface area (Å²) in [6.45, 7) is 6.02. The Morgan fingerprint density at radius 3 is 2.61 bits per heavy atom. The molecule has 0 saturated carbocycles. The normalized spacial score (nSPS) is 11.0. The molecule has 170 valence electrons. The molecule has 0 fully saturated rings. The largest absolute Gasteiger partial charge is 0.487 e. The summed E-state index contributed by atoms with van der Waals surface area (Å²) in [6.07, 6.45) is 0. The van der Waals surface area contributed by atoms with E-state index in [0.29, 0.717) is 27.8 Å². The smallest absolute Gasteiger partial charge is 0.275 e. The van der Waals surface area contributed by atoms with Gasteiger partial charge in [0.15, 0.2) is 6.61 Å². The number of nitrogens with one attached hydrogen (secondary N) is 1. The van der Waals surface area contributed by atoms with E-state index >= 15 is 0 Å². The maximum Gasteiger partial charge on any atom is 0.275 e. The number of carbonyl (C=O) groups excluding carboxylic acids is 1. The first-order chi connectivity index (χ1) is 15.9. The van der Waals surface area contributed by atoms with Crippen molar-refractivity contribution >= 4 is 27.9 Å². The van der Waals surface area contributed by atoms with Gasteiger partial charge in [0.25, 0.3) is 11.5 Å². The van der Waals surface area contributed by atoms with Crippen molar-refractivity contribution in [3.05, 3.63) is 81.2 Å². The van der Waals surface area contributed by atoms with Crippen molar-refractivity contribution in [2.24, 2.45) is 0 Å². The van der Waals surface area contributed by atoms with Crippen LogP contribution in [0.4, 0.5) is 5.69 Å². The Balaban J connectivity index is 1.37. The number of hydrogen-bond acceptors (Lipinski definition) is 7. The lowest BCUT2D eigenvalue weighted by molar-refractivity contribution is -0.118. The maximum absolute atomic E-state index is 12.4. The van der Waals surface area contributed by atoms with E-state index in [9.17, 15) is 9.59 Å². The molecule has 0 atom stereocenters. The number of rotatable bonds is 8. The van der Waals surface area contributed by atoms with Crippen molar-refractivity contribution in [3.63, 3.8) is 0 Å². The molecule has 2 heterocycles. The van der Waals surface area contributed by atoms with E-state index in [1.54, 1.807) is 24.3 Å². The van der Waals surface area contributed by atoms with Gasteiger partial charge in [-0.2, -0.15) is 9.61 Å². The van der Waals surface area contributed by atoms with Crippen LogP contribution in [0.1, 0.15) is 36.0 Å². The molecule has 0 radical (unpaired) electrons. The number of aryl methyl sites for hydroxylation is 1. The zero-order valence-electron chi connectivity index (χ0n) is 18.6. The molecule has 1 N–H and O–H groups in total. The highest BCUT2D eigenvalue weighted by Crippen LogP contribution is 2.21. The minimum Gasteiger partial charge on any atom is -0.487 e. The van der Waals surface area contributed by atoms with Crippen LogP contribution < -0.4 is 20.3 Å². The third-order valence-electron chi connectivity index (χ3n) is 4.67. The van der Waals surface area contributed by atoms with Crippen LogP contribution >= 0.6 is 11.3 Å². The highest BCUT2D eigenvalue weighted by molar-refractivity contribution is 7.16. The van der Waals surface area contributed by atoms with Gasteiger partial charge in [0.2, 0.25) is 4.96 Å². The summed E-state index contributed by atoms with van der Waals surface area (Å²) < 4.78 is 12.7. The first-order valence-corrected chi connectivity index (χ1v) is 11.3. The third kappa shape index (κ3) is 5.75. The van der Waals surface area contributed by atoms with Gasteiger partial charge in [-0.25, -0.2) is 4.98 Å². The monoisotopic (exact) mass is 464 g/mol.